The van der Waals surface area contributed by atoms with Gasteiger partial charge in [0.2, 0.25) is 0 Å². The molecule has 6 nitrogen and oxygen atoms in total. The highest BCUT2D eigenvalue weighted by molar-refractivity contribution is 5.55. The van der Waals surface area contributed by atoms with Gasteiger partial charge in [-0.05, 0) is 29.0 Å². The van der Waals surface area contributed by atoms with Crippen molar-refractivity contribution < 1.29 is 4.92 Å². The summed E-state index contributed by atoms with van der Waals surface area (Å²) in [6, 6.07) is 7.44. The number of nitrogens with zero attached hydrogens (tertiary/aromatic N) is 3. The van der Waals surface area contributed by atoms with Crippen LogP contribution in [0.3, 0.4) is 0 Å². The average molecular weight is 204 g/mol. The van der Waals surface area contributed by atoms with E-state index in [1.807, 2.05) is 31.2 Å². The number of aryl methyl sites for hydroxylation is 1. The van der Waals surface area contributed by atoms with Gasteiger partial charge in [-0.25, -0.2) is 0 Å². The van der Waals surface area contributed by atoms with Gasteiger partial charge in [0.25, 0.3) is 5.82 Å². The zero-order chi connectivity index (χ0) is 10.8. The number of nitrogens with one attached hydrogen (secondary N) is 1. The summed E-state index contributed by atoms with van der Waals surface area (Å²) in [5.74, 6) is -0.00715. The predicted molar refractivity (Wildman–Crippen MR) is 53.2 cm³/mol. The van der Waals surface area contributed by atoms with E-state index in [9.17, 15) is 10.1 Å². The van der Waals surface area contributed by atoms with Gasteiger partial charge in [0.05, 0.1) is 0 Å². The summed E-state index contributed by atoms with van der Waals surface area (Å²) in [6.45, 7) is 1.96. The van der Waals surface area contributed by atoms with Crippen molar-refractivity contribution in [1.82, 2.24) is 15.2 Å². The minimum absolute atomic E-state index is 0.335. The number of rotatable bonds is 2. The third-order valence-electron chi connectivity index (χ3n) is 1.96. The van der Waals surface area contributed by atoms with Crippen LogP contribution in [-0.2, 0) is 0 Å². The summed E-state index contributed by atoms with van der Waals surface area (Å²) in [5, 5.41) is 16.4. The van der Waals surface area contributed by atoms with Gasteiger partial charge in [0, 0.05) is 5.56 Å². The molecule has 0 bridgehead atoms. The maximum Gasteiger partial charge on any atom is 0.453 e. The Balaban J connectivity index is 2.37. The largest absolute Gasteiger partial charge is 0.453 e. The summed E-state index contributed by atoms with van der Waals surface area (Å²) in [7, 11) is 0. The molecule has 6 heteroatoms. The monoisotopic (exact) mass is 204 g/mol. The second-order valence-corrected chi connectivity index (χ2v) is 3.11. The zero-order valence-corrected chi connectivity index (χ0v) is 7.97. The van der Waals surface area contributed by atoms with Crippen LogP contribution in [0.25, 0.3) is 11.4 Å². The Bertz CT molecular complexity index is 489. The van der Waals surface area contributed by atoms with E-state index in [1.54, 1.807) is 0 Å². The van der Waals surface area contributed by atoms with Crippen molar-refractivity contribution in [2.45, 2.75) is 6.92 Å². The lowest BCUT2D eigenvalue weighted by Crippen LogP contribution is -1.89. The molecule has 76 valence electrons. The van der Waals surface area contributed by atoms with Crippen molar-refractivity contribution in [2.24, 2.45) is 0 Å². The lowest BCUT2D eigenvalue weighted by Gasteiger charge is -1.92. The van der Waals surface area contributed by atoms with Crippen LogP contribution in [0, 0.1) is 17.0 Å². The Hall–Kier alpha value is -2.24. The molecule has 2 aromatic rings. The fourth-order valence-electron chi connectivity index (χ4n) is 1.17. The minimum atomic E-state index is -0.606. The lowest BCUT2D eigenvalue weighted by molar-refractivity contribution is -0.394. The molecule has 1 heterocycles. The van der Waals surface area contributed by atoms with Gasteiger partial charge in [-0.15, -0.1) is 5.10 Å². The molecule has 1 N–H and O–H groups in total. The summed E-state index contributed by atoms with van der Waals surface area (Å²) in [6.07, 6.45) is 0. The molecule has 1 aromatic carbocycles. The standard InChI is InChI=1S/C9H8N4O2/c1-6-2-4-7(5-3-6)8-10-9(12-11-8)13(14)15/h2-5H,1H3,(H,10,11,12). The summed E-state index contributed by atoms with van der Waals surface area (Å²) in [4.78, 5) is 13.5. The van der Waals surface area contributed by atoms with Crippen LogP contribution in [-0.4, -0.2) is 20.1 Å². The molecule has 0 radical (unpaired) electrons. The Morgan fingerprint density at radius 1 is 1.33 bits per heavy atom. The number of benzene rings is 1. The molecule has 0 aliphatic heterocycles. The first-order valence-electron chi connectivity index (χ1n) is 4.30. The van der Waals surface area contributed by atoms with Crippen LogP contribution in [0.2, 0.25) is 0 Å². The van der Waals surface area contributed by atoms with E-state index < -0.39 is 4.92 Å². The van der Waals surface area contributed by atoms with Crippen molar-refractivity contribution >= 4 is 5.95 Å². The molecular formula is C9H8N4O2. The number of hydrogen-bond donors (Lipinski definition) is 1. The molecule has 0 spiro atoms. The van der Waals surface area contributed by atoms with Gasteiger partial charge in [-0.2, -0.15) is 0 Å². The SMILES string of the molecule is Cc1ccc(-c2n[nH]c([N+](=O)[O-])n2)cc1. The minimum Gasteiger partial charge on any atom is -0.390 e. The molecule has 0 saturated heterocycles. The fourth-order valence-corrected chi connectivity index (χ4v) is 1.17. The molecular weight excluding hydrogens is 196 g/mol. The third kappa shape index (κ3) is 1.83. The zero-order valence-electron chi connectivity index (χ0n) is 7.97. The van der Waals surface area contributed by atoms with Crippen molar-refractivity contribution in [3.63, 3.8) is 0 Å². The van der Waals surface area contributed by atoms with E-state index in [4.69, 9.17) is 0 Å². The van der Waals surface area contributed by atoms with E-state index >= 15 is 0 Å². The Morgan fingerprint density at radius 3 is 2.53 bits per heavy atom. The number of hydrogen-bond acceptors (Lipinski definition) is 4. The normalized spacial score (nSPS) is 10.2. The number of aromatic amines is 1. The van der Waals surface area contributed by atoms with Crippen molar-refractivity contribution in [3.8, 4) is 11.4 Å². The lowest BCUT2D eigenvalue weighted by atomic mass is 10.1. The van der Waals surface area contributed by atoms with E-state index in [0.29, 0.717) is 5.82 Å². The highest BCUT2D eigenvalue weighted by atomic mass is 16.6. The molecule has 0 fully saturated rings. The van der Waals surface area contributed by atoms with Crippen LogP contribution in [0.5, 0.6) is 0 Å². The molecule has 1 aromatic heterocycles. The van der Waals surface area contributed by atoms with E-state index in [2.05, 4.69) is 15.2 Å². The fraction of sp³-hybridized carbons (Fsp3) is 0.111. The van der Waals surface area contributed by atoms with Gasteiger partial charge in [-0.1, -0.05) is 22.8 Å². The average Bonchev–Trinajstić information content (AvgIpc) is 2.68. The smallest absolute Gasteiger partial charge is 0.390 e. The molecule has 2 rings (SSSR count). The molecule has 0 aliphatic carbocycles. The van der Waals surface area contributed by atoms with Crippen LogP contribution in [0.1, 0.15) is 5.56 Å². The number of H-pyrrole nitrogens is 1. The topological polar surface area (TPSA) is 84.7 Å². The van der Waals surface area contributed by atoms with E-state index in [0.717, 1.165) is 11.1 Å². The van der Waals surface area contributed by atoms with E-state index in [1.165, 1.54) is 0 Å². The third-order valence-corrected chi connectivity index (χ3v) is 1.96. The van der Waals surface area contributed by atoms with Crippen molar-refractivity contribution in [3.05, 3.63) is 39.9 Å². The number of nitro groups is 1. The molecule has 0 atom stereocenters. The van der Waals surface area contributed by atoms with Gasteiger partial charge in [0.1, 0.15) is 0 Å². The van der Waals surface area contributed by atoms with Crippen LogP contribution in [0.15, 0.2) is 24.3 Å². The van der Waals surface area contributed by atoms with Gasteiger partial charge in [-0.3, -0.25) is 0 Å². The van der Waals surface area contributed by atoms with Crippen molar-refractivity contribution in [1.29, 1.82) is 0 Å². The summed E-state index contributed by atoms with van der Waals surface area (Å²) >= 11 is 0. The summed E-state index contributed by atoms with van der Waals surface area (Å²) < 4.78 is 0. The highest BCUT2D eigenvalue weighted by Crippen LogP contribution is 2.16. The number of aromatic nitrogens is 3. The Kier molecular flexibility index (Phi) is 2.17. The molecule has 15 heavy (non-hydrogen) atoms. The molecule has 0 unspecified atom stereocenters. The first-order chi connectivity index (χ1) is 7.16. The van der Waals surface area contributed by atoms with Gasteiger partial charge >= 0.3 is 5.95 Å². The Labute approximate surface area is 85.1 Å². The van der Waals surface area contributed by atoms with Crippen LogP contribution in [0.4, 0.5) is 5.95 Å². The van der Waals surface area contributed by atoms with Crippen LogP contribution >= 0.6 is 0 Å². The molecule has 0 aliphatic rings. The second-order valence-electron chi connectivity index (χ2n) is 3.11. The Morgan fingerprint density at radius 2 is 2.00 bits per heavy atom. The maximum absolute atomic E-state index is 10.4. The second kappa shape index (κ2) is 3.49. The highest BCUT2D eigenvalue weighted by Gasteiger charge is 2.14. The summed E-state index contributed by atoms with van der Waals surface area (Å²) in [5.41, 5.74) is 1.87. The molecule has 0 amide bonds. The first-order valence-corrected chi connectivity index (χ1v) is 4.30. The maximum atomic E-state index is 10.4. The molecule has 0 saturated carbocycles. The first kappa shape index (κ1) is 9.32. The van der Waals surface area contributed by atoms with Gasteiger partial charge < -0.3 is 10.1 Å². The van der Waals surface area contributed by atoms with Gasteiger partial charge in [0.15, 0.2) is 0 Å². The van der Waals surface area contributed by atoms with E-state index in [-0.39, 0.29) is 5.95 Å². The predicted octanol–water partition coefficient (Wildman–Crippen LogP) is 1.69. The quantitative estimate of drug-likeness (QED) is 0.595. The van der Waals surface area contributed by atoms with Crippen LogP contribution < -0.4 is 0 Å². The van der Waals surface area contributed by atoms with Crippen molar-refractivity contribution in [2.75, 3.05) is 0 Å².